The van der Waals surface area contributed by atoms with E-state index in [0.29, 0.717) is 18.9 Å². The molecule has 1 aromatic heterocycles. The van der Waals surface area contributed by atoms with Gasteiger partial charge in [-0.3, -0.25) is 9.59 Å². The van der Waals surface area contributed by atoms with Crippen LogP contribution in [0.3, 0.4) is 0 Å². The second kappa shape index (κ2) is 6.38. The van der Waals surface area contributed by atoms with Gasteiger partial charge < -0.3 is 16.0 Å². The molecule has 1 saturated heterocycles. The highest BCUT2D eigenvalue weighted by Crippen LogP contribution is 2.39. The van der Waals surface area contributed by atoms with Gasteiger partial charge in [0.15, 0.2) is 0 Å². The summed E-state index contributed by atoms with van der Waals surface area (Å²) in [5.74, 6) is 0.121. The van der Waals surface area contributed by atoms with Crippen LogP contribution >= 0.6 is 11.3 Å². The van der Waals surface area contributed by atoms with Crippen molar-refractivity contribution in [1.82, 2.24) is 10.2 Å². The number of thiophene rings is 1. The standard InChI is InChI=1S/C16H23N3O2S/c1-19-14(20)8-11(15(19)13-6-3-7-22-13)16(21)18-12-5-2-4-10(12)9-17/h3,6-7,10-12,15H,2,4-5,8-9,17H2,1H3,(H,18,21)/t10-,11-,12+,15-/m0/s1. The van der Waals surface area contributed by atoms with Gasteiger partial charge in [-0.1, -0.05) is 12.5 Å². The zero-order valence-electron chi connectivity index (χ0n) is 12.8. The van der Waals surface area contributed by atoms with Crippen molar-refractivity contribution in [1.29, 1.82) is 0 Å². The zero-order valence-corrected chi connectivity index (χ0v) is 13.6. The third-order valence-electron chi connectivity index (χ3n) is 5.05. The smallest absolute Gasteiger partial charge is 0.226 e. The first-order valence-electron chi connectivity index (χ1n) is 7.91. The Balaban J connectivity index is 1.74. The normalized spacial score (nSPS) is 31.7. The second-order valence-corrected chi connectivity index (χ2v) is 7.30. The van der Waals surface area contributed by atoms with Crippen LogP contribution in [-0.4, -0.2) is 36.3 Å². The number of nitrogens with one attached hydrogen (secondary N) is 1. The molecule has 0 bridgehead atoms. The van der Waals surface area contributed by atoms with Crippen LogP contribution in [0.1, 0.15) is 36.6 Å². The van der Waals surface area contributed by atoms with Crippen molar-refractivity contribution in [3.63, 3.8) is 0 Å². The Kier molecular flexibility index (Phi) is 4.49. The zero-order chi connectivity index (χ0) is 15.7. The Morgan fingerprint density at radius 2 is 2.32 bits per heavy atom. The first-order chi connectivity index (χ1) is 10.6. The molecule has 3 N–H and O–H groups in total. The predicted molar refractivity (Wildman–Crippen MR) is 86.3 cm³/mol. The van der Waals surface area contributed by atoms with Crippen molar-refractivity contribution in [3.8, 4) is 0 Å². The minimum Gasteiger partial charge on any atom is -0.353 e. The van der Waals surface area contributed by atoms with Crippen LogP contribution in [0.25, 0.3) is 0 Å². The third kappa shape index (κ3) is 2.77. The van der Waals surface area contributed by atoms with E-state index in [4.69, 9.17) is 5.73 Å². The monoisotopic (exact) mass is 321 g/mol. The van der Waals surface area contributed by atoms with E-state index in [0.717, 1.165) is 24.1 Å². The van der Waals surface area contributed by atoms with Gasteiger partial charge in [0, 0.05) is 24.4 Å². The SMILES string of the molecule is CN1C(=O)C[C@H](C(=O)N[C@@H]2CCC[C@H]2CN)[C@H]1c1cccs1. The fourth-order valence-corrected chi connectivity index (χ4v) is 4.69. The predicted octanol–water partition coefficient (Wildman–Crippen LogP) is 1.51. The van der Waals surface area contributed by atoms with Crippen LogP contribution in [0.4, 0.5) is 0 Å². The Morgan fingerprint density at radius 1 is 1.50 bits per heavy atom. The van der Waals surface area contributed by atoms with Crippen molar-refractivity contribution >= 4 is 23.2 Å². The number of hydrogen-bond acceptors (Lipinski definition) is 4. The minimum absolute atomic E-state index is 0.00134. The van der Waals surface area contributed by atoms with E-state index in [-0.39, 0.29) is 29.8 Å². The van der Waals surface area contributed by atoms with E-state index in [9.17, 15) is 9.59 Å². The molecule has 2 heterocycles. The lowest BCUT2D eigenvalue weighted by molar-refractivity contribution is -0.128. The summed E-state index contributed by atoms with van der Waals surface area (Å²) < 4.78 is 0. The largest absolute Gasteiger partial charge is 0.353 e. The van der Waals surface area contributed by atoms with E-state index in [1.165, 1.54) is 0 Å². The number of carbonyl (C=O) groups excluding carboxylic acids is 2. The number of hydrogen-bond donors (Lipinski definition) is 2. The van der Waals surface area contributed by atoms with Crippen molar-refractivity contribution in [2.45, 2.75) is 37.8 Å². The molecular weight excluding hydrogens is 298 g/mol. The molecule has 2 aliphatic rings. The molecule has 1 saturated carbocycles. The lowest BCUT2D eigenvalue weighted by Gasteiger charge is -2.26. The minimum atomic E-state index is -0.296. The van der Waals surface area contributed by atoms with E-state index in [2.05, 4.69) is 5.32 Å². The average molecular weight is 321 g/mol. The van der Waals surface area contributed by atoms with E-state index in [1.807, 2.05) is 17.5 Å². The topological polar surface area (TPSA) is 75.4 Å². The molecule has 2 fully saturated rings. The van der Waals surface area contributed by atoms with Gasteiger partial charge in [-0.25, -0.2) is 0 Å². The summed E-state index contributed by atoms with van der Waals surface area (Å²) in [6, 6.07) is 4.00. The van der Waals surface area contributed by atoms with Gasteiger partial charge in [-0.05, 0) is 36.8 Å². The highest BCUT2D eigenvalue weighted by Gasteiger charge is 2.44. The van der Waals surface area contributed by atoms with Crippen LogP contribution in [0.2, 0.25) is 0 Å². The van der Waals surface area contributed by atoms with Gasteiger partial charge in [0.1, 0.15) is 0 Å². The van der Waals surface area contributed by atoms with Crippen LogP contribution in [0, 0.1) is 11.8 Å². The first kappa shape index (κ1) is 15.5. The molecule has 6 heteroatoms. The Morgan fingerprint density at radius 3 is 3.00 bits per heavy atom. The van der Waals surface area contributed by atoms with Crippen LogP contribution in [0.5, 0.6) is 0 Å². The number of nitrogens with zero attached hydrogens (tertiary/aromatic N) is 1. The molecule has 22 heavy (non-hydrogen) atoms. The lowest BCUT2D eigenvalue weighted by atomic mass is 9.96. The third-order valence-corrected chi connectivity index (χ3v) is 5.99. The van der Waals surface area contributed by atoms with Gasteiger partial charge in [0.05, 0.1) is 12.0 Å². The van der Waals surface area contributed by atoms with Crippen LogP contribution in [0.15, 0.2) is 17.5 Å². The Hall–Kier alpha value is -1.40. The van der Waals surface area contributed by atoms with E-state index >= 15 is 0 Å². The molecule has 4 atom stereocenters. The highest BCUT2D eigenvalue weighted by molar-refractivity contribution is 7.10. The van der Waals surface area contributed by atoms with E-state index < -0.39 is 0 Å². The van der Waals surface area contributed by atoms with Gasteiger partial charge in [-0.2, -0.15) is 0 Å². The second-order valence-electron chi connectivity index (χ2n) is 6.32. The average Bonchev–Trinajstić information content (AvgIpc) is 3.21. The molecule has 0 spiro atoms. The summed E-state index contributed by atoms with van der Waals surface area (Å²) in [5, 5.41) is 5.15. The summed E-state index contributed by atoms with van der Waals surface area (Å²) >= 11 is 1.60. The van der Waals surface area contributed by atoms with Crippen molar-refractivity contribution in [2.75, 3.05) is 13.6 Å². The maximum absolute atomic E-state index is 12.7. The quantitative estimate of drug-likeness (QED) is 0.882. The number of likely N-dealkylation sites (tertiary alicyclic amines) is 1. The summed E-state index contributed by atoms with van der Waals surface area (Å²) in [7, 11) is 1.79. The number of carbonyl (C=O) groups is 2. The van der Waals surface area contributed by atoms with Gasteiger partial charge in [-0.15, -0.1) is 11.3 Å². The molecule has 3 rings (SSSR count). The number of amides is 2. The first-order valence-corrected chi connectivity index (χ1v) is 8.79. The molecule has 2 amide bonds. The Labute approximate surface area is 134 Å². The fourth-order valence-electron chi connectivity index (χ4n) is 3.75. The van der Waals surface area contributed by atoms with E-state index in [1.54, 1.807) is 23.3 Å². The maximum atomic E-state index is 12.7. The number of nitrogens with two attached hydrogens (primary N) is 1. The lowest BCUT2D eigenvalue weighted by Crippen LogP contribution is -2.43. The molecule has 1 aliphatic heterocycles. The molecule has 5 nitrogen and oxygen atoms in total. The van der Waals surface area contributed by atoms with Gasteiger partial charge in [0.25, 0.3) is 0 Å². The van der Waals surface area contributed by atoms with Gasteiger partial charge in [0.2, 0.25) is 11.8 Å². The summed E-state index contributed by atoms with van der Waals surface area (Å²) in [6.45, 7) is 0.614. The van der Waals surface area contributed by atoms with Crippen molar-refractivity contribution in [3.05, 3.63) is 22.4 Å². The molecule has 0 aromatic carbocycles. The molecule has 120 valence electrons. The molecular formula is C16H23N3O2S. The number of rotatable bonds is 4. The maximum Gasteiger partial charge on any atom is 0.226 e. The van der Waals surface area contributed by atoms with Crippen molar-refractivity contribution < 1.29 is 9.59 Å². The van der Waals surface area contributed by atoms with Crippen LogP contribution < -0.4 is 11.1 Å². The molecule has 0 unspecified atom stereocenters. The molecule has 0 radical (unpaired) electrons. The van der Waals surface area contributed by atoms with Gasteiger partial charge >= 0.3 is 0 Å². The summed E-state index contributed by atoms with van der Waals surface area (Å²) in [6.07, 6.45) is 3.49. The van der Waals surface area contributed by atoms with Crippen LogP contribution in [-0.2, 0) is 9.59 Å². The highest BCUT2D eigenvalue weighted by atomic mass is 32.1. The molecule has 1 aromatic rings. The Bertz CT molecular complexity index is 546. The molecule has 1 aliphatic carbocycles. The van der Waals surface area contributed by atoms with Crippen molar-refractivity contribution in [2.24, 2.45) is 17.6 Å². The summed E-state index contributed by atoms with van der Waals surface area (Å²) in [4.78, 5) is 27.6. The fraction of sp³-hybridized carbons (Fsp3) is 0.625. The summed E-state index contributed by atoms with van der Waals surface area (Å²) in [5.41, 5.74) is 5.79.